The number of nitro groups is 1. The molecule has 16 heavy (non-hydrogen) atoms. The summed E-state index contributed by atoms with van der Waals surface area (Å²) in [7, 11) is 1.60. The van der Waals surface area contributed by atoms with E-state index in [0.717, 1.165) is 6.33 Å². The zero-order chi connectivity index (χ0) is 11.7. The smallest absolute Gasteiger partial charge is 0.338 e. The van der Waals surface area contributed by atoms with Crippen molar-refractivity contribution < 1.29 is 4.92 Å². The standard InChI is InChI=1S/C7H7N7O2/c1-13-4(2-11-12-13)5-6(14(15)16)7(8)10-3-9-5/h2-3H,1H3,(H2,8,9,10). The summed E-state index contributed by atoms with van der Waals surface area (Å²) in [6, 6.07) is 0. The van der Waals surface area contributed by atoms with Gasteiger partial charge in [-0.3, -0.25) is 10.1 Å². The van der Waals surface area contributed by atoms with Gasteiger partial charge in [0.15, 0.2) is 5.69 Å². The quantitative estimate of drug-likeness (QED) is 0.547. The predicted molar refractivity (Wildman–Crippen MR) is 53.1 cm³/mol. The molecule has 2 N–H and O–H groups in total. The van der Waals surface area contributed by atoms with Crippen molar-refractivity contribution in [1.29, 1.82) is 0 Å². The molecule has 82 valence electrons. The molecular formula is C7H7N7O2. The van der Waals surface area contributed by atoms with Crippen molar-refractivity contribution in [3.05, 3.63) is 22.6 Å². The van der Waals surface area contributed by atoms with Crippen molar-refractivity contribution in [3.8, 4) is 11.4 Å². The van der Waals surface area contributed by atoms with E-state index in [2.05, 4.69) is 20.3 Å². The Morgan fingerprint density at radius 1 is 1.50 bits per heavy atom. The van der Waals surface area contributed by atoms with Crippen LogP contribution in [0.5, 0.6) is 0 Å². The number of hydrogen-bond donors (Lipinski definition) is 1. The fourth-order valence-electron chi connectivity index (χ4n) is 1.26. The van der Waals surface area contributed by atoms with Gasteiger partial charge in [0.2, 0.25) is 5.82 Å². The van der Waals surface area contributed by atoms with Crippen LogP contribution in [0.4, 0.5) is 11.5 Å². The second-order valence-electron chi connectivity index (χ2n) is 2.96. The third kappa shape index (κ3) is 1.43. The predicted octanol–water partition coefficient (Wildman–Crippen LogP) is -0.237. The number of nitrogens with zero attached hydrogens (tertiary/aromatic N) is 6. The molecule has 0 aliphatic heterocycles. The Labute approximate surface area is 89.1 Å². The molecule has 2 heterocycles. The molecule has 2 rings (SSSR count). The Kier molecular flexibility index (Phi) is 2.20. The molecule has 0 unspecified atom stereocenters. The van der Waals surface area contributed by atoms with Crippen molar-refractivity contribution >= 4 is 11.5 Å². The molecule has 9 nitrogen and oxygen atoms in total. The Balaban J connectivity index is 2.70. The lowest BCUT2D eigenvalue weighted by molar-refractivity contribution is -0.383. The van der Waals surface area contributed by atoms with Gasteiger partial charge in [-0.1, -0.05) is 5.21 Å². The lowest BCUT2D eigenvalue weighted by Gasteiger charge is -2.02. The fraction of sp³-hybridized carbons (Fsp3) is 0.143. The van der Waals surface area contributed by atoms with Crippen molar-refractivity contribution in [1.82, 2.24) is 25.0 Å². The highest BCUT2D eigenvalue weighted by molar-refractivity contribution is 5.72. The summed E-state index contributed by atoms with van der Waals surface area (Å²) < 4.78 is 1.37. The molecule has 0 spiro atoms. The highest BCUT2D eigenvalue weighted by atomic mass is 16.6. The molecule has 9 heteroatoms. The minimum atomic E-state index is -0.627. The zero-order valence-electron chi connectivity index (χ0n) is 8.23. The minimum Gasteiger partial charge on any atom is -0.378 e. The summed E-state index contributed by atoms with van der Waals surface area (Å²) in [5, 5.41) is 18.1. The van der Waals surface area contributed by atoms with Gasteiger partial charge in [-0.2, -0.15) is 0 Å². The van der Waals surface area contributed by atoms with Gasteiger partial charge < -0.3 is 5.73 Å². The van der Waals surface area contributed by atoms with Crippen molar-refractivity contribution in [2.24, 2.45) is 7.05 Å². The number of nitrogen functional groups attached to an aromatic ring is 1. The van der Waals surface area contributed by atoms with E-state index in [0.29, 0.717) is 5.69 Å². The second-order valence-corrected chi connectivity index (χ2v) is 2.96. The molecule has 2 aromatic rings. The van der Waals surface area contributed by atoms with Crippen LogP contribution >= 0.6 is 0 Å². The molecule has 0 fully saturated rings. The van der Waals surface area contributed by atoms with E-state index in [1.807, 2.05) is 0 Å². The average Bonchev–Trinajstić information content (AvgIpc) is 2.63. The molecule has 0 radical (unpaired) electrons. The van der Waals surface area contributed by atoms with Gasteiger partial charge in [0, 0.05) is 7.05 Å². The number of hydrogen-bond acceptors (Lipinski definition) is 7. The van der Waals surface area contributed by atoms with Crippen LogP contribution in [0.3, 0.4) is 0 Å². The van der Waals surface area contributed by atoms with Crippen LogP contribution in [0.25, 0.3) is 11.4 Å². The van der Waals surface area contributed by atoms with Crippen LogP contribution in [0.15, 0.2) is 12.5 Å². The molecule has 0 bridgehead atoms. The van der Waals surface area contributed by atoms with Gasteiger partial charge in [-0.05, 0) is 0 Å². The largest absolute Gasteiger partial charge is 0.378 e. The maximum absolute atomic E-state index is 10.8. The van der Waals surface area contributed by atoms with E-state index in [-0.39, 0.29) is 17.2 Å². The van der Waals surface area contributed by atoms with E-state index in [4.69, 9.17) is 5.73 Å². The van der Waals surface area contributed by atoms with Crippen LogP contribution in [0, 0.1) is 10.1 Å². The molecule has 0 amide bonds. The van der Waals surface area contributed by atoms with Gasteiger partial charge in [-0.15, -0.1) is 5.10 Å². The normalized spacial score (nSPS) is 10.3. The first kappa shape index (κ1) is 9.96. The molecule has 0 aliphatic rings. The van der Waals surface area contributed by atoms with Crippen LogP contribution in [0.1, 0.15) is 0 Å². The number of aryl methyl sites for hydroxylation is 1. The maximum Gasteiger partial charge on any atom is 0.338 e. The Hall–Kier alpha value is -2.58. The van der Waals surface area contributed by atoms with Gasteiger partial charge in [-0.25, -0.2) is 14.6 Å². The second kappa shape index (κ2) is 3.53. The zero-order valence-corrected chi connectivity index (χ0v) is 8.23. The summed E-state index contributed by atoms with van der Waals surface area (Å²) in [4.78, 5) is 17.6. The van der Waals surface area contributed by atoms with Gasteiger partial charge in [0.05, 0.1) is 11.1 Å². The Morgan fingerprint density at radius 2 is 2.25 bits per heavy atom. The molecule has 2 aromatic heterocycles. The number of aromatic nitrogens is 5. The molecule has 0 aromatic carbocycles. The first-order valence-corrected chi connectivity index (χ1v) is 4.21. The van der Waals surface area contributed by atoms with Crippen LogP contribution < -0.4 is 5.73 Å². The molecule has 0 saturated carbocycles. The monoisotopic (exact) mass is 221 g/mol. The van der Waals surface area contributed by atoms with E-state index >= 15 is 0 Å². The Morgan fingerprint density at radius 3 is 2.81 bits per heavy atom. The van der Waals surface area contributed by atoms with Gasteiger partial charge in [0.1, 0.15) is 12.0 Å². The minimum absolute atomic E-state index is 0.102. The lowest BCUT2D eigenvalue weighted by Crippen LogP contribution is -2.04. The summed E-state index contributed by atoms with van der Waals surface area (Å²) in [6.45, 7) is 0. The Bertz CT molecular complexity index is 549. The van der Waals surface area contributed by atoms with E-state index in [9.17, 15) is 10.1 Å². The topological polar surface area (TPSA) is 126 Å². The van der Waals surface area contributed by atoms with E-state index in [1.54, 1.807) is 7.05 Å². The van der Waals surface area contributed by atoms with E-state index < -0.39 is 4.92 Å². The highest BCUT2D eigenvalue weighted by Gasteiger charge is 2.24. The third-order valence-electron chi connectivity index (χ3n) is 1.99. The summed E-state index contributed by atoms with van der Waals surface area (Å²) in [5.74, 6) is -0.184. The SMILES string of the molecule is Cn1nncc1-c1ncnc(N)c1[N+](=O)[O-]. The van der Waals surface area contributed by atoms with Crippen LogP contribution in [-0.2, 0) is 7.05 Å². The maximum atomic E-state index is 10.8. The fourth-order valence-corrected chi connectivity index (χ4v) is 1.26. The summed E-state index contributed by atoms with van der Waals surface area (Å²) in [6.07, 6.45) is 2.53. The lowest BCUT2D eigenvalue weighted by atomic mass is 10.2. The van der Waals surface area contributed by atoms with Crippen molar-refractivity contribution in [2.75, 3.05) is 5.73 Å². The van der Waals surface area contributed by atoms with Gasteiger partial charge in [0.25, 0.3) is 0 Å². The molecule has 0 saturated heterocycles. The van der Waals surface area contributed by atoms with Crippen molar-refractivity contribution in [2.45, 2.75) is 0 Å². The highest BCUT2D eigenvalue weighted by Crippen LogP contribution is 2.29. The number of nitrogens with two attached hydrogens (primary N) is 1. The third-order valence-corrected chi connectivity index (χ3v) is 1.99. The summed E-state index contributed by atoms with van der Waals surface area (Å²) >= 11 is 0. The van der Waals surface area contributed by atoms with Crippen molar-refractivity contribution in [3.63, 3.8) is 0 Å². The summed E-state index contributed by atoms with van der Waals surface area (Å²) in [5.41, 5.74) is 5.60. The molecule has 0 aliphatic carbocycles. The first-order chi connectivity index (χ1) is 7.61. The molecule has 0 atom stereocenters. The first-order valence-electron chi connectivity index (χ1n) is 4.21. The number of anilines is 1. The van der Waals surface area contributed by atoms with Gasteiger partial charge >= 0.3 is 5.69 Å². The average molecular weight is 221 g/mol. The van der Waals surface area contributed by atoms with E-state index in [1.165, 1.54) is 10.9 Å². The van der Waals surface area contributed by atoms with Crippen LogP contribution in [0.2, 0.25) is 0 Å². The molecular weight excluding hydrogens is 214 g/mol. The van der Waals surface area contributed by atoms with Crippen LogP contribution in [-0.4, -0.2) is 29.9 Å². The number of rotatable bonds is 2.